The summed E-state index contributed by atoms with van der Waals surface area (Å²) in [6, 6.07) is 1.70. The Hall–Kier alpha value is -2.29. The number of piperidine rings is 1. The second-order valence-electron chi connectivity index (χ2n) is 6.87. The molecule has 0 saturated carbocycles. The van der Waals surface area contributed by atoms with Crippen molar-refractivity contribution in [3.8, 4) is 5.75 Å². The summed E-state index contributed by atoms with van der Waals surface area (Å²) in [7, 11) is 0. The summed E-state index contributed by atoms with van der Waals surface area (Å²) in [6.07, 6.45) is 4.59. The second-order valence-corrected chi connectivity index (χ2v) is 7.25. The van der Waals surface area contributed by atoms with Crippen LogP contribution in [0.25, 0.3) is 0 Å². The number of aliphatic hydroxyl groups is 1. The van der Waals surface area contributed by atoms with Crippen molar-refractivity contribution in [2.24, 2.45) is 10.7 Å². The summed E-state index contributed by atoms with van der Waals surface area (Å²) in [4.78, 5) is 19.9. The number of halogens is 1. The minimum Gasteiger partial charge on any atom is -0.435 e. The summed E-state index contributed by atoms with van der Waals surface area (Å²) < 4.78 is 5.86. The highest BCUT2D eigenvalue weighted by molar-refractivity contribution is 6.32. The zero-order valence-electron chi connectivity index (χ0n) is 15.0. The maximum absolute atomic E-state index is 10.3. The van der Waals surface area contributed by atoms with Crippen molar-refractivity contribution < 1.29 is 9.84 Å². The molecule has 4 heterocycles. The molecule has 2 aliphatic heterocycles. The SMILES string of the molecule is Cc1nccc(OC2=NCc3nc(N4CCC(O)(CN)CC4)cnc32)c1Cl. The molecule has 9 heteroatoms. The lowest BCUT2D eigenvalue weighted by Crippen LogP contribution is -2.49. The van der Waals surface area contributed by atoms with Crippen molar-refractivity contribution in [1.82, 2.24) is 15.0 Å². The van der Waals surface area contributed by atoms with Gasteiger partial charge in [-0.1, -0.05) is 11.6 Å². The monoisotopic (exact) mass is 388 g/mol. The first-order valence-electron chi connectivity index (χ1n) is 8.86. The Kier molecular flexibility index (Phi) is 4.71. The van der Waals surface area contributed by atoms with E-state index in [9.17, 15) is 5.11 Å². The largest absolute Gasteiger partial charge is 0.435 e. The van der Waals surface area contributed by atoms with Crippen LogP contribution in [0.2, 0.25) is 5.02 Å². The molecule has 0 atom stereocenters. The van der Waals surface area contributed by atoms with Crippen LogP contribution in [-0.2, 0) is 6.54 Å². The first-order chi connectivity index (χ1) is 13.0. The van der Waals surface area contributed by atoms with E-state index in [1.807, 2.05) is 6.92 Å². The summed E-state index contributed by atoms with van der Waals surface area (Å²) in [5.74, 6) is 1.69. The molecule has 4 rings (SSSR count). The third-order valence-electron chi connectivity index (χ3n) is 5.04. The van der Waals surface area contributed by atoms with Gasteiger partial charge in [-0.15, -0.1) is 0 Å². The van der Waals surface area contributed by atoms with E-state index in [1.165, 1.54) is 0 Å². The van der Waals surface area contributed by atoms with Crippen LogP contribution < -0.4 is 15.4 Å². The van der Waals surface area contributed by atoms with E-state index in [1.54, 1.807) is 18.5 Å². The van der Waals surface area contributed by atoms with Crippen molar-refractivity contribution in [3.05, 3.63) is 40.6 Å². The Morgan fingerprint density at radius 1 is 1.33 bits per heavy atom. The van der Waals surface area contributed by atoms with Gasteiger partial charge in [-0.2, -0.15) is 0 Å². The molecule has 0 amide bonds. The first-order valence-corrected chi connectivity index (χ1v) is 9.24. The van der Waals surface area contributed by atoms with E-state index in [0.29, 0.717) is 60.5 Å². The van der Waals surface area contributed by atoms with Gasteiger partial charge < -0.3 is 20.5 Å². The van der Waals surface area contributed by atoms with Gasteiger partial charge in [-0.25, -0.2) is 15.0 Å². The van der Waals surface area contributed by atoms with E-state index in [4.69, 9.17) is 27.1 Å². The molecule has 0 aromatic carbocycles. The van der Waals surface area contributed by atoms with Gasteiger partial charge in [-0.05, 0) is 19.8 Å². The molecule has 1 saturated heterocycles. The Bertz CT molecular complexity index is 895. The number of hydrogen-bond donors (Lipinski definition) is 2. The predicted molar refractivity (Wildman–Crippen MR) is 102 cm³/mol. The fourth-order valence-corrected chi connectivity index (χ4v) is 3.37. The number of ether oxygens (including phenoxy) is 1. The maximum Gasteiger partial charge on any atom is 0.243 e. The number of pyridine rings is 1. The molecular formula is C18H21ClN6O2. The van der Waals surface area contributed by atoms with Crippen molar-refractivity contribution in [2.45, 2.75) is 31.9 Å². The molecule has 27 heavy (non-hydrogen) atoms. The van der Waals surface area contributed by atoms with Crippen molar-refractivity contribution >= 4 is 23.3 Å². The van der Waals surface area contributed by atoms with Crippen molar-refractivity contribution in [3.63, 3.8) is 0 Å². The van der Waals surface area contributed by atoms with Gasteiger partial charge in [0.25, 0.3) is 0 Å². The average molecular weight is 389 g/mol. The molecule has 0 aliphatic carbocycles. The molecule has 0 radical (unpaired) electrons. The van der Waals surface area contributed by atoms with Crippen LogP contribution in [0.3, 0.4) is 0 Å². The number of nitrogens with two attached hydrogens (primary N) is 1. The minimum absolute atomic E-state index is 0.280. The number of hydrogen-bond acceptors (Lipinski definition) is 8. The molecule has 2 aromatic rings. The van der Waals surface area contributed by atoms with Crippen LogP contribution in [0.5, 0.6) is 5.75 Å². The van der Waals surface area contributed by atoms with Gasteiger partial charge >= 0.3 is 0 Å². The molecule has 3 N–H and O–H groups in total. The van der Waals surface area contributed by atoms with Crippen LogP contribution in [0, 0.1) is 6.92 Å². The number of nitrogens with zero attached hydrogens (tertiary/aromatic N) is 5. The Morgan fingerprint density at radius 2 is 2.11 bits per heavy atom. The van der Waals surface area contributed by atoms with Crippen LogP contribution in [0.15, 0.2) is 23.5 Å². The quantitative estimate of drug-likeness (QED) is 0.819. The zero-order chi connectivity index (χ0) is 19.0. The number of aryl methyl sites for hydroxylation is 1. The van der Waals surface area contributed by atoms with Crippen LogP contribution >= 0.6 is 11.6 Å². The molecular weight excluding hydrogens is 368 g/mol. The lowest BCUT2D eigenvalue weighted by Gasteiger charge is -2.37. The highest BCUT2D eigenvalue weighted by Gasteiger charge is 2.32. The molecule has 2 aliphatic rings. The standard InChI is InChI=1S/C18H21ClN6O2/c1-11-15(19)13(2-5-21-11)27-17-16-12(8-23-17)24-14(9-22-16)25-6-3-18(26,10-20)4-7-25/h2,5,9,26H,3-4,6-8,10,20H2,1H3. The normalized spacial score (nSPS) is 18.2. The van der Waals surface area contributed by atoms with Gasteiger partial charge in [0.05, 0.1) is 29.7 Å². The van der Waals surface area contributed by atoms with Gasteiger partial charge in [0.15, 0.2) is 5.75 Å². The Balaban J connectivity index is 1.50. The highest BCUT2D eigenvalue weighted by atomic mass is 35.5. The molecule has 0 spiro atoms. The van der Waals surface area contributed by atoms with E-state index in [2.05, 4.69) is 19.9 Å². The highest BCUT2D eigenvalue weighted by Crippen LogP contribution is 2.29. The summed E-state index contributed by atoms with van der Waals surface area (Å²) >= 11 is 6.25. The number of fused-ring (bicyclic) bond motifs is 1. The summed E-state index contributed by atoms with van der Waals surface area (Å²) in [5, 5.41) is 10.7. The number of aromatic nitrogens is 3. The lowest BCUT2D eigenvalue weighted by molar-refractivity contribution is 0.0248. The van der Waals surface area contributed by atoms with E-state index >= 15 is 0 Å². The predicted octanol–water partition coefficient (Wildman–Crippen LogP) is 1.46. The van der Waals surface area contributed by atoms with Crippen LogP contribution in [0.1, 0.15) is 29.9 Å². The Labute approximate surface area is 162 Å². The fourth-order valence-electron chi connectivity index (χ4n) is 3.22. The number of aliphatic imine (C=N–C) groups is 1. The van der Waals surface area contributed by atoms with Crippen LogP contribution in [-0.4, -0.2) is 51.2 Å². The van der Waals surface area contributed by atoms with E-state index in [-0.39, 0.29) is 6.54 Å². The zero-order valence-corrected chi connectivity index (χ0v) is 15.8. The number of rotatable bonds is 3. The summed E-state index contributed by atoms with van der Waals surface area (Å²) in [6.45, 7) is 3.89. The molecule has 1 fully saturated rings. The van der Waals surface area contributed by atoms with E-state index in [0.717, 1.165) is 11.5 Å². The molecule has 2 aromatic heterocycles. The lowest BCUT2D eigenvalue weighted by atomic mass is 9.92. The smallest absolute Gasteiger partial charge is 0.243 e. The molecule has 8 nitrogen and oxygen atoms in total. The summed E-state index contributed by atoms with van der Waals surface area (Å²) in [5.41, 5.74) is 6.97. The Morgan fingerprint density at radius 3 is 2.85 bits per heavy atom. The minimum atomic E-state index is -0.771. The average Bonchev–Trinajstić information content (AvgIpc) is 3.08. The second kappa shape index (κ2) is 7.03. The fraction of sp³-hybridized carbons (Fsp3) is 0.444. The van der Waals surface area contributed by atoms with Crippen molar-refractivity contribution in [2.75, 3.05) is 24.5 Å². The van der Waals surface area contributed by atoms with Gasteiger partial charge in [0, 0.05) is 31.9 Å². The number of anilines is 1. The topological polar surface area (TPSA) is 110 Å². The molecule has 142 valence electrons. The van der Waals surface area contributed by atoms with Crippen molar-refractivity contribution in [1.29, 1.82) is 0 Å². The molecule has 0 unspecified atom stereocenters. The maximum atomic E-state index is 10.3. The third-order valence-corrected chi connectivity index (χ3v) is 5.50. The third kappa shape index (κ3) is 3.47. The van der Waals surface area contributed by atoms with Gasteiger partial charge in [-0.3, -0.25) is 4.98 Å². The molecule has 0 bridgehead atoms. The van der Waals surface area contributed by atoms with Crippen LogP contribution in [0.4, 0.5) is 5.82 Å². The first kappa shape index (κ1) is 18.1. The van der Waals surface area contributed by atoms with Gasteiger partial charge in [0.1, 0.15) is 16.5 Å². The van der Waals surface area contributed by atoms with E-state index < -0.39 is 5.60 Å². The van der Waals surface area contributed by atoms with Gasteiger partial charge in [0.2, 0.25) is 5.90 Å².